The van der Waals surface area contributed by atoms with Crippen molar-refractivity contribution in [3.8, 4) is 11.3 Å². The van der Waals surface area contributed by atoms with E-state index in [1.165, 1.54) is 12.1 Å². The van der Waals surface area contributed by atoms with Gasteiger partial charge in [-0.15, -0.1) is 5.10 Å². The number of hydroxylamine groups is 2. The molecule has 1 aliphatic rings. The lowest BCUT2D eigenvalue weighted by molar-refractivity contribution is -0.0580. The third-order valence-corrected chi connectivity index (χ3v) is 4.71. The molecule has 0 unspecified atom stereocenters. The quantitative estimate of drug-likeness (QED) is 0.663. The fourth-order valence-electron chi connectivity index (χ4n) is 2.71. The molecule has 0 spiro atoms. The van der Waals surface area contributed by atoms with Crippen molar-refractivity contribution in [2.75, 3.05) is 0 Å². The highest BCUT2D eigenvalue weighted by Gasteiger charge is 2.39. The maximum Gasteiger partial charge on any atom is 0.377 e. The second-order valence-corrected chi connectivity index (χ2v) is 6.35. The number of carbonyl (C=O) groups excluding carboxylic acids is 3. The molecule has 2 heterocycles. The summed E-state index contributed by atoms with van der Waals surface area (Å²) in [5.74, 6) is -2.20. The summed E-state index contributed by atoms with van der Waals surface area (Å²) in [6.07, 6.45) is 0. The third-order valence-electron chi connectivity index (χ3n) is 4.00. The van der Waals surface area contributed by atoms with Gasteiger partial charge >= 0.3 is 5.97 Å². The van der Waals surface area contributed by atoms with Crippen LogP contribution in [0.1, 0.15) is 36.0 Å². The highest BCUT2D eigenvalue weighted by Crippen LogP contribution is 2.29. The number of amides is 2. The first-order valence-corrected chi connectivity index (χ1v) is 8.43. The third kappa shape index (κ3) is 2.47. The molecule has 4 rings (SSSR count). The monoisotopic (exact) mass is 365 g/mol. The van der Waals surface area contributed by atoms with E-state index < -0.39 is 17.8 Å². The SMILES string of the molecule is Cc1ccccc1-c1nnsc1C(=O)ON1C(=O)c2ccccc2C1=O. The molecule has 2 aromatic carbocycles. The lowest BCUT2D eigenvalue weighted by atomic mass is 10.1. The summed E-state index contributed by atoms with van der Waals surface area (Å²) in [6, 6.07) is 13.7. The van der Waals surface area contributed by atoms with Gasteiger partial charge in [-0.2, -0.15) is 0 Å². The van der Waals surface area contributed by atoms with Crippen LogP contribution in [0.3, 0.4) is 0 Å². The largest absolute Gasteiger partial charge is 0.377 e. The van der Waals surface area contributed by atoms with Crippen LogP contribution in [0.25, 0.3) is 11.3 Å². The number of aromatic nitrogens is 2. The van der Waals surface area contributed by atoms with Crippen LogP contribution in [0.5, 0.6) is 0 Å². The lowest BCUT2D eigenvalue weighted by Crippen LogP contribution is -2.32. The van der Waals surface area contributed by atoms with Crippen molar-refractivity contribution in [3.05, 3.63) is 70.1 Å². The molecule has 128 valence electrons. The van der Waals surface area contributed by atoms with E-state index in [2.05, 4.69) is 9.59 Å². The lowest BCUT2D eigenvalue weighted by Gasteiger charge is -2.12. The van der Waals surface area contributed by atoms with Gasteiger partial charge in [-0.3, -0.25) is 9.59 Å². The molecular formula is C18H11N3O4S. The standard InChI is InChI=1S/C18H11N3O4S/c1-10-6-2-3-7-11(10)14-15(26-20-19-14)18(24)25-21-16(22)12-8-4-5-9-13(12)17(21)23/h2-9H,1H3. The predicted molar refractivity (Wildman–Crippen MR) is 92.4 cm³/mol. The normalized spacial score (nSPS) is 13.0. The maximum absolute atomic E-state index is 12.6. The van der Waals surface area contributed by atoms with E-state index in [9.17, 15) is 14.4 Å². The zero-order valence-corrected chi connectivity index (χ0v) is 14.3. The minimum atomic E-state index is -0.854. The fourth-order valence-corrected chi connectivity index (χ4v) is 3.27. The van der Waals surface area contributed by atoms with Gasteiger partial charge < -0.3 is 4.84 Å². The van der Waals surface area contributed by atoms with Crippen molar-refractivity contribution in [2.45, 2.75) is 6.92 Å². The van der Waals surface area contributed by atoms with E-state index >= 15 is 0 Å². The van der Waals surface area contributed by atoms with Crippen LogP contribution in [0, 0.1) is 6.92 Å². The highest BCUT2D eigenvalue weighted by molar-refractivity contribution is 7.08. The molecule has 0 saturated heterocycles. The molecule has 0 fully saturated rings. The summed E-state index contributed by atoms with van der Waals surface area (Å²) in [7, 11) is 0. The van der Waals surface area contributed by atoms with E-state index in [0.717, 1.165) is 22.7 Å². The summed E-state index contributed by atoms with van der Waals surface area (Å²) in [5, 5.41) is 4.48. The first-order chi connectivity index (χ1) is 12.6. The molecule has 8 heteroatoms. The van der Waals surface area contributed by atoms with Gasteiger partial charge in [-0.1, -0.05) is 45.9 Å². The number of hydrogen-bond donors (Lipinski definition) is 0. The van der Waals surface area contributed by atoms with Crippen molar-refractivity contribution >= 4 is 29.3 Å². The minimum absolute atomic E-state index is 0.121. The number of aryl methyl sites for hydroxylation is 1. The van der Waals surface area contributed by atoms with Crippen molar-refractivity contribution < 1.29 is 19.2 Å². The van der Waals surface area contributed by atoms with Gasteiger partial charge in [0.15, 0.2) is 4.88 Å². The Labute approximate surface area is 152 Å². The van der Waals surface area contributed by atoms with Gasteiger partial charge in [-0.25, -0.2) is 4.79 Å². The van der Waals surface area contributed by atoms with Crippen LogP contribution < -0.4 is 0 Å². The number of carbonyl (C=O) groups is 3. The van der Waals surface area contributed by atoms with Gasteiger partial charge in [0.25, 0.3) is 11.8 Å². The van der Waals surface area contributed by atoms with Crippen LogP contribution in [0.15, 0.2) is 48.5 Å². The first-order valence-electron chi connectivity index (χ1n) is 7.66. The first kappa shape index (κ1) is 16.1. The number of benzene rings is 2. The van der Waals surface area contributed by atoms with Crippen LogP contribution in [-0.4, -0.2) is 32.4 Å². The Morgan fingerprint density at radius 3 is 2.15 bits per heavy atom. The van der Waals surface area contributed by atoms with Gasteiger partial charge in [0.2, 0.25) is 0 Å². The molecule has 0 radical (unpaired) electrons. The molecule has 7 nitrogen and oxygen atoms in total. The predicted octanol–water partition coefficient (Wildman–Crippen LogP) is 2.88. The molecule has 1 aromatic heterocycles. The topological polar surface area (TPSA) is 89.5 Å². The number of imide groups is 1. The molecule has 2 amide bonds. The molecule has 0 saturated carbocycles. The Morgan fingerprint density at radius 1 is 0.962 bits per heavy atom. The van der Waals surface area contributed by atoms with Crippen molar-refractivity contribution in [2.24, 2.45) is 0 Å². The second kappa shape index (κ2) is 6.16. The minimum Gasteiger partial charge on any atom is -0.323 e. The summed E-state index contributed by atoms with van der Waals surface area (Å²) >= 11 is 0.846. The number of rotatable bonds is 3. The molecule has 1 aliphatic heterocycles. The average molecular weight is 365 g/mol. The van der Waals surface area contributed by atoms with E-state index in [4.69, 9.17) is 4.84 Å². The van der Waals surface area contributed by atoms with Crippen LogP contribution >= 0.6 is 11.5 Å². The fraction of sp³-hybridized carbons (Fsp3) is 0.0556. The Hall–Kier alpha value is -3.39. The molecule has 0 N–H and O–H groups in total. The summed E-state index contributed by atoms with van der Waals surface area (Å²) < 4.78 is 3.82. The smallest absolute Gasteiger partial charge is 0.323 e. The Balaban J connectivity index is 1.64. The average Bonchev–Trinajstić information content (AvgIpc) is 3.22. The van der Waals surface area contributed by atoms with Gasteiger partial charge in [0, 0.05) is 5.56 Å². The molecular weight excluding hydrogens is 354 g/mol. The summed E-state index contributed by atoms with van der Waals surface area (Å²) in [5.41, 5.74) is 2.40. The summed E-state index contributed by atoms with van der Waals surface area (Å²) in [6.45, 7) is 1.88. The molecule has 26 heavy (non-hydrogen) atoms. The second-order valence-electron chi connectivity index (χ2n) is 5.59. The van der Waals surface area contributed by atoms with Gasteiger partial charge in [-0.05, 0) is 36.2 Å². The van der Waals surface area contributed by atoms with Crippen molar-refractivity contribution in [1.82, 2.24) is 14.7 Å². The number of fused-ring (bicyclic) bond motifs is 1. The van der Waals surface area contributed by atoms with Gasteiger partial charge in [0.05, 0.1) is 11.1 Å². The van der Waals surface area contributed by atoms with E-state index in [0.29, 0.717) is 10.8 Å². The van der Waals surface area contributed by atoms with Crippen LogP contribution in [-0.2, 0) is 4.84 Å². The Morgan fingerprint density at radius 2 is 1.54 bits per heavy atom. The molecule has 0 aliphatic carbocycles. The Kier molecular flexibility index (Phi) is 3.81. The molecule has 0 atom stereocenters. The summed E-state index contributed by atoms with van der Waals surface area (Å²) in [4.78, 5) is 42.4. The molecule has 0 bridgehead atoms. The van der Waals surface area contributed by atoms with Crippen LogP contribution in [0.4, 0.5) is 0 Å². The molecule has 3 aromatic rings. The van der Waals surface area contributed by atoms with Crippen molar-refractivity contribution in [1.29, 1.82) is 0 Å². The number of nitrogens with zero attached hydrogens (tertiary/aromatic N) is 3. The van der Waals surface area contributed by atoms with E-state index in [-0.39, 0.29) is 16.0 Å². The Bertz CT molecular complexity index is 1020. The van der Waals surface area contributed by atoms with Gasteiger partial charge in [0.1, 0.15) is 5.69 Å². The highest BCUT2D eigenvalue weighted by atomic mass is 32.1. The van der Waals surface area contributed by atoms with Crippen LogP contribution in [0.2, 0.25) is 0 Å². The van der Waals surface area contributed by atoms with E-state index in [1.54, 1.807) is 12.1 Å². The zero-order valence-electron chi connectivity index (χ0n) is 13.5. The van der Waals surface area contributed by atoms with E-state index in [1.807, 2.05) is 31.2 Å². The van der Waals surface area contributed by atoms with Crippen molar-refractivity contribution in [3.63, 3.8) is 0 Å². The number of hydrogen-bond acceptors (Lipinski definition) is 7. The maximum atomic E-state index is 12.6. The zero-order chi connectivity index (χ0) is 18.3.